The van der Waals surface area contributed by atoms with Gasteiger partial charge in [0.2, 0.25) is 0 Å². The summed E-state index contributed by atoms with van der Waals surface area (Å²) in [7, 11) is 5.96. The Kier molecular flexibility index (Phi) is 58.5. The molecule has 0 aliphatic heterocycles. The first-order valence-electron chi connectivity index (χ1n) is 32.7. The molecule has 0 amide bonds. The molecule has 0 aliphatic rings. The van der Waals surface area contributed by atoms with Crippen LogP contribution in [-0.2, 0) is 33.3 Å². The number of hydrogen-bond donors (Lipinski definition) is 1. The number of rotatable bonds is 59. The lowest BCUT2D eigenvalue weighted by atomic mass is 10.1. The van der Waals surface area contributed by atoms with Gasteiger partial charge in [-0.05, 0) is 109 Å². The third kappa shape index (κ3) is 63.1. The van der Waals surface area contributed by atoms with E-state index in [1.165, 1.54) is 122 Å². The van der Waals surface area contributed by atoms with E-state index in [9.17, 15) is 19.5 Å². The fourth-order valence-electron chi connectivity index (χ4n) is 8.71. The number of unbranched alkanes of at least 4 members (excludes halogenated alkanes) is 24. The maximum atomic E-state index is 12.9. The summed E-state index contributed by atoms with van der Waals surface area (Å²) in [5, 5.41) is 9.72. The molecule has 0 saturated heterocycles. The molecule has 9 nitrogen and oxygen atoms in total. The number of ether oxygens (including phenoxy) is 4. The van der Waals surface area contributed by atoms with E-state index in [-0.39, 0.29) is 32.2 Å². The number of quaternary nitrogens is 1. The van der Waals surface area contributed by atoms with E-state index in [4.69, 9.17) is 18.9 Å². The molecule has 0 saturated carbocycles. The average Bonchev–Trinajstić information content (AvgIpc) is 3.44. The largest absolute Gasteiger partial charge is 0.477 e. The third-order valence-corrected chi connectivity index (χ3v) is 13.7. The van der Waals surface area contributed by atoms with Gasteiger partial charge < -0.3 is 28.5 Å². The van der Waals surface area contributed by atoms with Crippen LogP contribution >= 0.6 is 0 Å². The molecule has 81 heavy (non-hydrogen) atoms. The molecule has 462 valence electrons. The highest BCUT2D eigenvalue weighted by molar-refractivity contribution is 5.71. The van der Waals surface area contributed by atoms with Crippen LogP contribution in [0, 0.1) is 0 Å². The Hall–Kier alpha value is -4.31. The molecular formula is C72H122NO8+. The molecule has 0 spiro atoms. The highest BCUT2D eigenvalue weighted by Gasteiger charge is 2.25. The van der Waals surface area contributed by atoms with Gasteiger partial charge in [0.05, 0.1) is 34.4 Å². The Morgan fingerprint density at radius 2 is 0.704 bits per heavy atom. The van der Waals surface area contributed by atoms with Crippen molar-refractivity contribution < 1.29 is 42.9 Å². The zero-order valence-corrected chi connectivity index (χ0v) is 52.7. The quantitative estimate of drug-likeness (QED) is 0.0211. The van der Waals surface area contributed by atoms with Gasteiger partial charge in [0.25, 0.3) is 6.29 Å². The monoisotopic (exact) mass is 1130 g/mol. The van der Waals surface area contributed by atoms with Gasteiger partial charge in [0.1, 0.15) is 13.2 Å². The number of hydrogen-bond acceptors (Lipinski definition) is 7. The second-order valence-corrected chi connectivity index (χ2v) is 22.7. The fourth-order valence-corrected chi connectivity index (χ4v) is 8.71. The Morgan fingerprint density at radius 1 is 0.383 bits per heavy atom. The van der Waals surface area contributed by atoms with Crippen molar-refractivity contribution in [1.82, 2.24) is 0 Å². The molecule has 0 aromatic carbocycles. The van der Waals surface area contributed by atoms with Crippen LogP contribution in [0.3, 0.4) is 0 Å². The summed E-state index contributed by atoms with van der Waals surface area (Å²) >= 11 is 0. The van der Waals surface area contributed by atoms with E-state index in [1.807, 2.05) is 21.1 Å². The van der Waals surface area contributed by atoms with Crippen LogP contribution < -0.4 is 0 Å². The van der Waals surface area contributed by atoms with Crippen LogP contribution in [0.2, 0.25) is 0 Å². The smallest absolute Gasteiger partial charge is 0.361 e. The Bertz CT molecular complexity index is 1740. The van der Waals surface area contributed by atoms with E-state index in [2.05, 4.69) is 135 Å². The molecule has 0 aromatic rings. The molecule has 0 rings (SSSR count). The normalized spacial score (nSPS) is 13.5. The topological polar surface area (TPSA) is 108 Å². The molecule has 0 aliphatic carbocycles. The number of nitrogens with zero attached hydrogens (tertiary/aromatic N) is 1. The van der Waals surface area contributed by atoms with Gasteiger partial charge in [0.15, 0.2) is 6.10 Å². The van der Waals surface area contributed by atoms with Gasteiger partial charge in [-0.1, -0.05) is 257 Å². The van der Waals surface area contributed by atoms with Crippen LogP contribution in [0.4, 0.5) is 0 Å². The first-order chi connectivity index (χ1) is 39.6. The fraction of sp³-hybridized carbons (Fsp3) is 0.681. The number of carboxylic acids is 1. The summed E-state index contributed by atoms with van der Waals surface area (Å²) in [6.07, 6.45) is 84.3. The second kappa shape index (κ2) is 61.8. The maximum absolute atomic E-state index is 12.9. The van der Waals surface area contributed by atoms with Gasteiger partial charge in [0, 0.05) is 12.8 Å². The van der Waals surface area contributed by atoms with Crippen molar-refractivity contribution in [2.24, 2.45) is 0 Å². The lowest BCUT2D eigenvalue weighted by Crippen LogP contribution is -2.40. The van der Waals surface area contributed by atoms with Crippen LogP contribution in [0.5, 0.6) is 0 Å². The predicted octanol–water partition coefficient (Wildman–Crippen LogP) is 20.0. The maximum Gasteiger partial charge on any atom is 0.361 e. The van der Waals surface area contributed by atoms with Crippen molar-refractivity contribution in [2.45, 2.75) is 270 Å². The number of carbonyl (C=O) groups is 3. The number of aliphatic carboxylic acids is 1. The Labute approximate surface area is 497 Å². The molecule has 0 radical (unpaired) electrons. The lowest BCUT2D eigenvalue weighted by Gasteiger charge is -2.25. The van der Waals surface area contributed by atoms with E-state index < -0.39 is 24.3 Å². The van der Waals surface area contributed by atoms with E-state index in [1.54, 1.807) is 0 Å². The standard InChI is InChI=1S/C72H121NO8/c1-6-8-10-12-14-16-18-20-22-24-26-27-28-29-30-31-32-33-34-35-36-37-38-39-40-41-42-43-45-47-49-51-53-55-57-59-61-63-70(75)81-68(67-80-72(71(76)77)78-65-64-73(3,4)5)66-79-69(74)62-60-58-56-54-52-50-48-46-44-25-23-21-19-17-15-13-11-9-7-2/h8,10,14,16,20-23,26-27,29-30,32-33,35-36,38-39,41-42,68,72H,6-7,9,11-13,15,17-19,24-25,28,31,34,37,40,43-67H2,1-5H3/p+1/b10-8-,16-14-,22-20-,23-21-,27-26-,30-29-,33-32-,36-35-,39-38-,42-41-. The number of carboxylic acid groups (broad SMARTS) is 1. The van der Waals surface area contributed by atoms with Crippen molar-refractivity contribution in [3.63, 3.8) is 0 Å². The molecule has 2 atom stereocenters. The minimum atomic E-state index is -1.52. The minimum Gasteiger partial charge on any atom is -0.477 e. The van der Waals surface area contributed by atoms with Crippen LogP contribution in [0.25, 0.3) is 0 Å². The molecular weight excluding hydrogens is 1010 g/mol. The molecule has 1 N–H and O–H groups in total. The zero-order chi connectivity index (χ0) is 59.1. The van der Waals surface area contributed by atoms with E-state index in [0.717, 1.165) is 103 Å². The van der Waals surface area contributed by atoms with E-state index in [0.29, 0.717) is 23.9 Å². The summed E-state index contributed by atoms with van der Waals surface area (Å²) in [5.41, 5.74) is 0. The van der Waals surface area contributed by atoms with Crippen molar-refractivity contribution in [3.8, 4) is 0 Å². The zero-order valence-electron chi connectivity index (χ0n) is 52.7. The van der Waals surface area contributed by atoms with Gasteiger partial charge in [-0.2, -0.15) is 0 Å². The van der Waals surface area contributed by atoms with Gasteiger partial charge >= 0.3 is 17.9 Å². The summed E-state index contributed by atoms with van der Waals surface area (Å²) in [6, 6.07) is 0. The summed E-state index contributed by atoms with van der Waals surface area (Å²) < 4.78 is 22.9. The second-order valence-electron chi connectivity index (χ2n) is 22.7. The third-order valence-electron chi connectivity index (χ3n) is 13.7. The number of allylic oxidation sites excluding steroid dienone is 20. The van der Waals surface area contributed by atoms with Crippen LogP contribution in [0.15, 0.2) is 122 Å². The first-order valence-corrected chi connectivity index (χ1v) is 32.7. The van der Waals surface area contributed by atoms with Crippen molar-refractivity contribution >= 4 is 17.9 Å². The van der Waals surface area contributed by atoms with Crippen molar-refractivity contribution in [3.05, 3.63) is 122 Å². The number of likely N-dealkylation sites (N-methyl/N-ethyl adjacent to an activating group) is 1. The number of esters is 2. The van der Waals surface area contributed by atoms with Gasteiger partial charge in [-0.15, -0.1) is 0 Å². The van der Waals surface area contributed by atoms with Crippen LogP contribution in [0.1, 0.15) is 258 Å². The van der Waals surface area contributed by atoms with Gasteiger partial charge in [-0.3, -0.25) is 9.59 Å². The molecule has 0 aromatic heterocycles. The Morgan fingerprint density at radius 3 is 1.06 bits per heavy atom. The van der Waals surface area contributed by atoms with Gasteiger partial charge in [-0.25, -0.2) is 4.79 Å². The molecule has 0 bridgehead atoms. The minimum absolute atomic E-state index is 0.181. The van der Waals surface area contributed by atoms with Crippen molar-refractivity contribution in [2.75, 3.05) is 47.5 Å². The predicted molar refractivity (Wildman–Crippen MR) is 345 cm³/mol. The van der Waals surface area contributed by atoms with Crippen molar-refractivity contribution in [1.29, 1.82) is 0 Å². The highest BCUT2D eigenvalue weighted by atomic mass is 16.7. The molecule has 2 unspecified atom stereocenters. The van der Waals surface area contributed by atoms with E-state index >= 15 is 0 Å². The number of carbonyl (C=O) groups excluding carboxylic acids is 2. The summed E-state index contributed by atoms with van der Waals surface area (Å²) in [4.78, 5) is 37.5. The molecule has 9 heteroatoms. The first kappa shape index (κ1) is 76.7. The lowest BCUT2D eigenvalue weighted by molar-refractivity contribution is -0.870. The Balaban J connectivity index is 4.19. The highest BCUT2D eigenvalue weighted by Crippen LogP contribution is 2.16. The molecule has 0 heterocycles. The van der Waals surface area contributed by atoms with Crippen LogP contribution in [-0.4, -0.2) is 87.4 Å². The SMILES string of the molecule is CC/C=C\C/C=C\C/C=C\C/C=C\C/C=C\C/C=C\C/C=C\C/C=C\C/C=C\CCCCCCCCCCCC(=O)OC(COC(=O)CCCCCCCCCCC/C=C\CCCCCCCC)COC(OCC[N+](C)(C)C)C(=O)O. The average molecular weight is 1130 g/mol. The molecule has 0 fully saturated rings. The summed E-state index contributed by atoms with van der Waals surface area (Å²) in [5.74, 6) is -2.02. The summed E-state index contributed by atoms with van der Waals surface area (Å²) in [6.45, 7) is 4.75.